The summed E-state index contributed by atoms with van der Waals surface area (Å²) in [5.41, 5.74) is 1.15. The number of hydrogen-bond acceptors (Lipinski definition) is 3. The molecular weight excluding hydrogens is 286 g/mol. The molecule has 1 fully saturated rings. The summed E-state index contributed by atoms with van der Waals surface area (Å²) < 4.78 is 22.8. The largest absolute Gasteiger partial charge is 0.352 e. The highest BCUT2D eigenvalue weighted by Crippen LogP contribution is 2.27. The summed E-state index contributed by atoms with van der Waals surface area (Å²) in [7, 11) is -2.95. The minimum Gasteiger partial charge on any atom is -0.352 e. The molecule has 0 saturated carbocycles. The van der Waals surface area contributed by atoms with E-state index in [2.05, 4.69) is 19.2 Å². The van der Waals surface area contributed by atoms with E-state index in [1.54, 1.807) is 0 Å². The zero-order valence-corrected chi connectivity index (χ0v) is 13.4. The zero-order chi connectivity index (χ0) is 15.5. The van der Waals surface area contributed by atoms with Crippen molar-refractivity contribution >= 4 is 15.7 Å². The van der Waals surface area contributed by atoms with Gasteiger partial charge < -0.3 is 5.32 Å². The summed E-state index contributed by atoms with van der Waals surface area (Å²) in [6.07, 6.45) is 0.935. The molecule has 1 aromatic rings. The maximum absolute atomic E-state index is 12.2. The predicted octanol–water partition coefficient (Wildman–Crippen LogP) is 2.12. The van der Waals surface area contributed by atoms with E-state index in [9.17, 15) is 13.2 Å². The van der Waals surface area contributed by atoms with Crippen LogP contribution in [0.15, 0.2) is 30.3 Å². The molecule has 0 radical (unpaired) electrons. The molecule has 0 bridgehead atoms. The average molecular weight is 309 g/mol. The van der Waals surface area contributed by atoms with Crippen molar-refractivity contribution in [3.63, 3.8) is 0 Å². The van der Waals surface area contributed by atoms with Gasteiger partial charge in [-0.05, 0) is 23.8 Å². The summed E-state index contributed by atoms with van der Waals surface area (Å²) >= 11 is 0. The molecule has 1 aliphatic rings. The first-order chi connectivity index (χ1) is 9.87. The Morgan fingerprint density at radius 2 is 1.95 bits per heavy atom. The highest BCUT2D eigenvalue weighted by atomic mass is 32.2. The first-order valence-corrected chi connectivity index (χ1v) is 9.24. The van der Waals surface area contributed by atoms with Gasteiger partial charge in [0.2, 0.25) is 5.91 Å². The Morgan fingerprint density at radius 3 is 2.48 bits per heavy atom. The summed E-state index contributed by atoms with van der Waals surface area (Å²) in [5.74, 6) is 0.718. The van der Waals surface area contributed by atoms with E-state index in [1.807, 2.05) is 30.3 Å². The van der Waals surface area contributed by atoms with Crippen LogP contribution < -0.4 is 5.32 Å². The van der Waals surface area contributed by atoms with E-state index in [4.69, 9.17) is 0 Å². The molecule has 2 unspecified atom stereocenters. The van der Waals surface area contributed by atoms with Crippen molar-refractivity contribution < 1.29 is 13.2 Å². The van der Waals surface area contributed by atoms with Gasteiger partial charge in [-0.25, -0.2) is 8.42 Å². The number of benzene rings is 1. The zero-order valence-electron chi connectivity index (χ0n) is 12.6. The van der Waals surface area contributed by atoms with Crippen molar-refractivity contribution in [1.82, 2.24) is 5.32 Å². The number of nitrogens with one attached hydrogen (secondary N) is 1. The van der Waals surface area contributed by atoms with Gasteiger partial charge in [0.25, 0.3) is 0 Å². The predicted molar refractivity (Wildman–Crippen MR) is 83.8 cm³/mol. The molecular formula is C16H23NO3S. The van der Waals surface area contributed by atoms with E-state index in [0.717, 1.165) is 5.56 Å². The van der Waals surface area contributed by atoms with Gasteiger partial charge in [0, 0.05) is 12.5 Å². The monoisotopic (exact) mass is 309 g/mol. The standard InChI is InChI=1S/C16H23NO3S/c1-12(2)15(13-6-4-3-5-7-13)10-16(18)17-14-8-9-21(19,20)11-14/h3-7,12,14-15H,8-11H2,1-2H3,(H,17,18). The molecule has 1 amide bonds. The number of rotatable bonds is 5. The fourth-order valence-corrected chi connectivity index (χ4v) is 4.51. The average Bonchev–Trinajstić information content (AvgIpc) is 2.76. The van der Waals surface area contributed by atoms with Crippen LogP contribution >= 0.6 is 0 Å². The first kappa shape index (κ1) is 16.0. The molecule has 1 saturated heterocycles. The quantitative estimate of drug-likeness (QED) is 0.906. The van der Waals surface area contributed by atoms with Crippen LogP contribution in [0.3, 0.4) is 0 Å². The van der Waals surface area contributed by atoms with Crippen molar-refractivity contribution in [1.29, 1.82) is 0 Å². The third kappa shape index (κ3) is 4.56. The Labute approximate surface area is 126 Å². The molecule has 1 aromatic carbocycles. The third-order valence-corrected chi connectivity index (χ3v) is 5.80. The lowest BCUT2D eigenvalue weighted by atomic mass is 9.85. The fraction of sp³-hybridized carbons (Fsp3) is 0.562. The molecule has 2 atom stereocenters. The number of carbonyl (C=O) groups excluding carboxylic acids is 1. The molecule has 1 N–H and O–H groups in total. The smallest absolute Gasteiger partial charge is 0.220 e. The lowest BCUT2D eigenvalue weighted by molar-refractivity contribution is -0.122. The van der Waals surface area contributed by atoms with Crippen LogP contribution in [0.4, 0.5) is 0 Å². The molecule has 1 heterocycles. The molecule has 1 aliphatic heterocycles. The molecule has 4 nitrogen and oxygen atoms in total. The van der Waals surface area contributed by atoms with Gasteiger partial charge in [-0.3, -0.25) is 4.79 Å². The van der Waals surface area contributed by atoms with Gasteiger partial charge >= 0.3 is 0 Å². The Bertz CT molecular complexity index is 581. The van der Waals surface area contributed by atoms with Gasteiger partial charge in [-0.1, -0.05) is 44.2 Å². The van der Waals surface area contributed by atoms with Crippen molar-refractivity contribution in [3.8, 4) is 0 Å². The second kappa shape index (κ2) is 6.60. The van der Waals surface area contributed by atoms with Crippen LogP contribution in [0.2, 0.25) is 0 Å². The third-order valence-electron chi connectivity index (χ3n) is 4.04. The van der Waals surface area contributed by atoms with Crippen LogP contribution in [0.5, 0.6) is 0 Å². The second-order valence-electron chi connectivity index (χ2n) is 6.13. The molecule has 0 aromatic heterocycles. The van der Waals surface area contributed by atoms with E-state index < -0.39 is 9.84 Å². The number of hydrogen-bond donors (Lipinski definition) is 1. The number of carbonyl (C=O) groups is 1. The highest BCUT2D eigenvalue weighted by Gasteiger charge is 2.29. The Hall–Kier alpha value is -1.36. The van der Waals surface area contributed by atoms with Crippen molar-refractivity contribution in [3.05, 3.63) is 35.9 Å². The van der Waals surface area contributed by atoms with Crippen molar-refractivity contribution in [2.75, 3.05) is 11.5 Å². The van der Waals surface area contributed by atoms with Gasteiger partial charge in [0.05, 0.1) is 11.5 Å². The van der Waals surface area contributed by atoms with Crippen LogP contribution in [0, 0.1) is 5.92 Å². The second-order valence-corrected chi connectivity index (χ2v) is 8.36. The maximum atomic E-state index is 12.2. The molecule has 2 rings (SSSR count). The van der Waals surface area contributed by atoms with Gasteiger partial charge in [0.15, 0.2) is 9.84 Å². The van der Waals surface area contributed by atoms with Crippen LogP contribution in [0.25, 0.3) is 0 Å². The SMILES string of the molecule is CC(C)C(CC(=O)NC1CCS(=O)(=O)C1)c1ccccc1. The van der Waals surface area contributed by atoms with Crippen molar-refractivity contribution in [2.24, 2.45) is 5.92 Å². The number of amides is 1. The van der Waals surface area contributed by atoms with Gasteiger partial charge in [-0.15, -0.1) is 0 Å². The molecule has 0 aliphatic carbocycles. The normalized spacial score (nSPS) is 22.1. The van der Waals surface area contributed by atoms with Crippen LogP contribution in [-0.4, -0.2) is 31.9 Å². The Kier molecular flexibility index (Phi) is 5.04. The van der Waals surface area contributed by atoms with Crippen LogP contribution in [0.1, 0.15) is 38.2 Å². The van der Waals surface area contributed by atoms with E-state index >= 15 is 0 Å². The molecule has 116 valence electrons. The topological polar surface area (TPSA) is 63.2 Å². The molecule has 21 heavy (non-hydrogen) atoms. The van der Waals surface area contributed by atoms with E-state index in [1.165, 1.54) is 0 Å². The Morgan fingerprint density at radius 1 is 1.29 bits per heavy atom. The van der Waals surface area contributed by atoms with E-state index in [-0.39, 0.29) is 29.4 Å². The molecule has 0 spiro atoms. The van der Waals surface area contributed by atoms with Gasteiger partial charge in [-0.2, -0.15) is 0 Å². The van der Waals surface area contributed by atoms with Gasteiger partial charge in [0.1, 0.15) is 0 Å². The van der Waals surface area contributed by atoms with E-state index in [0.29, 0.717) is 18.8 Å². The fourth-order valence-electron chi connectivity index (χ4n) is 2.83. The minimum atomic E-state index is -2.95. The minimum absolute atomic E-state index is 0.0559. The maximum Gasteiger partial charge on any atom is 0.220 e. The summed E-state index contributed by atoms with van der Waals surface area (Å²) in [6, 6.07) is 9.78. The highest BCUT2D eigenvalue weighted by molar-refractivity contribution is 7.91. The Balaban J connectivity index is 1.97. The summed E-state index contributed by atoms with van der Waals surface area (Å²) in [4.78, 5) is 12.2. The lowest BCUT2D eigenvalue weighted by Crippen LogP contribution is -2.36. The number of sulfone groups is 1. The molecule has 5 heteroatoms. The summed E-state index contributed by atoms with van der Waals surface area (Å²) in [5, 5.41) is 2.87. The summed E-state index contributed by atoms with van der Waals surface area (Å²) in [6.45, 7) is 4.20. The lowest BCUT2D eigenvalue weighted by Gasteiger charge is -2.22. The van der Waals surface area contributed by atoms with Crippen LogP contribution in [-0.2, 0) is 14.6 Å². The van der Waals surface area contributed by atoms with Crippen molar-refractivity contribution in [2.45, 2.75) is 38.6 Å². The first-order valence-electron chi connectivity index (χ1n) is 7.42.